The van der Waals surface area contributed by atoms with Crippen LogP contribution in [0.2, 0.25) is 5.02 Å². The minimum absolute atomic E-state index is 0.0389. The summed E-state index contributed by atoms with van der Waals surface area (Å²) in [5, 5.41) is 7.14. The molecule has 1 amide bonds. The van der Waals surface area contributed by atoms with Gasteiger partial charge in [-0.25, -0.2) is 9.67 Å². The lowest BCUT2D eigenvalue weighted by atomic mass is 10.2. The lowest BCUT2D eigenvalue weighted by Crippen LogP contribution is -2.19. The third-order valence-electron chi connectivity index (χ3n) is 2.57. The van der Waals surface area contributed by atoms with E-state index in [1.165, 1.54) is 11.0 Å². The Morgan fingerprint density at radius 3 is 2.80 bits per heavy atom. The highest BCUT2D eigenvalue weighted by Crippen LogP contribution is 2.27. The molecule has 0 atom stereocenters. The molecule has 7 nitrogen and oxygen atoms in total. The number of halogens is 1. The Morgan fingerprint density at radius 1 is 1.50 bits per heavy atom. The molecule has 0 fully saturated rings. The number of carbonyl (C=O) groups excluding carboxylic acids is 1. The number of nitrogens with zero attached hydrogens (tertiary/aromatic N) is 4. The summed E-state index contributed by atoms with van der Waals surface area (Å²) in [6.45, 7) is 0.0389. The number of aromatic nitrogens is 3. The first-order valence-corrected chi connectivity index (χ1v) is 6.25. The lowest BCUT2D eigenvalue weighted by Gasteiger charge is -2.15. The highest BCUT2D eigenvalue weighted by Gasteiger charge is 2.08. The van der Waals surface area contributed by atoms with Gasteiger partial charge in [-0.1, -0.05) is 11.6 Å². The summed E-state index contributed by atoms with van der Waals surface area (Å²) >= 11 is 6.13. The van der Waals surface area contributed by atoms with Crippen LogP contribution in [0, 0.1) is 0 Å². The van der Waals surface area contributed by atoms with Crippen LogP contribution in [0.4, 0.5) is 17.3 Å². The van der Waals surface area contributed by atoms with E-state index in [2.05, 4.69) is 15.4 Å². The summed E-state index contributed by atoms with van der Waals surface area (Å²) in [4.78, 5) is 17.5. The quantitative estimate of drug-likeness (QED) is 0.885. The van der Waals surface area contributed by atoms with Crippen molar-refractivity contribution in [2.24, 2.45) is 0 Å². The zero-order chi connectivity index (χ0) is 14.7. The highest BCUT2D eigenvalue weighted by atomic mass is 35.5. The van der Waals surface area contributed by atoms with E-state index in [-0.39, 0.29) is 18.4 Å². The molecule has 0 radical (unpaired) electrons. The molecule has 1 aromatic carbocycles. The third kappa shape index (κ3) is 3.39. The Balaban J connectivity index is 2.03. The first kappa shape index (κ1) is 14.1. The van der Waals surface area contributed by atoms with E-state index in [1.54, 1.807) is 12.1 Å². The molecule has 20 heavy (non-hydrogen) atoms. The maximum Gasteiger partial charge on any atom is 0.246 e. The van der Waals surface area contributed by atoms with Crippen LogP contribution in [0.15, 0.2) is 24.5 Å². The van der Waals surface area contributed by atoms with Gasteiger partial charge in [-0.2, -0.15) is 0 Å². The van der Waals surface area contributed by atoms with E-state index in [4.69, 9.17) is 17.3 Å². The molecule has 0 bridgehead atoms. The van der Waals surface area contributed by atoms with Crippen molar-refractivity contribution in [2.75, 3.05) is 30.0 Å². The van der Waals surface area contributed by atoms with E-state index < -0.39 is 0 Å². The molecule has 106 valence electrons. The first-order chi connectivity index (χ1) is 9.45. The zero-order valence-electron chi connectivity index (χ0n) is 11.2. The van der Waals surface area contributed by atoms with E-state index in [0.29, 0.717) is 10.7 Å². The summed E-state index contributed by atoms with van der Waals surface area (Å²) in [5.74, 6) is -0.0975. The molecule has 3 N–H and O–H groups in total. The average Bonchev–Trinajstić information content (AvgIpc) is 2.74. The van der Waals surface area contributed by atoms with Crippen LogP contribution in [-0.4, -0.2) is 34.8 Å². The smallest absolute Gasteiger partial charge is 0.246 e. The summed E-state index contributed by atoms with van der Waals surface area (Å²) in [5.41, 5.74) is 6.88. The maximum absolute atomic E-state index is 11.8. The van der Waals surface area contributed by atoms with Gasteiger partial charge in [-0.3, -0.25) is 4.79 Å². The number of hydrogen-bond donors (Lipinski definition) is 2. The molecule has 0 spiro atoms. The second-order valence-electron chi connectivity index (χ2n) is 4.41. The number of carbonyl (C=O) groups is 1. The van der Waals surface area contributed by atoms with Crippen LogP contribution in [0.1, 0.15) is 0 Å². The fourth-order valence-corrected chi connectivity index (χ4v) is 2.03. The van der Waals surface area contributed by atoms with Gasteiger partial charge >= 0.3 is 0 Å². The summed E-state index contributed by atoms with van der Waals surface area (Å²) < 4.78 is 1.36. The lowest BCUT2D eigenvalue weighted by molar-refractivity contribution is -0.116. The number of rotatable bonds is 4. The summed E-state index contributed by atoms with van der Waals surface area (Å²) in [6, 6.07) is 5.32. The predicted octanol–water partition coefficient (Wildman–Crippen LogP) is 1.22. The Bertz CT molecular complexity index is 624. The Morgan fingerprint density at radius 2 is 2.25 bits per heavy atom. The van der Waals surface area contributed by atoms with E-state index in [0.717, 1.165) is 5.69 Å². The van der Waals surface area contributed by atoms with Crippen molar-refractivity contribution in [3.05, 3.63) is 29.5 Å². The van der Waals surface area contributed by atoms with Crippen molar-refractivity contribution in [1.82, 2.24) is 14.8 Å². The maximum atomic E-state index is 11.8. The van der Waals surface area contributed by atoms with Crippen molar-refractivity contribution in [3.8, 4) is 0 Å². The summed E-state index contributed by atoms with van der Waals surface area (Å²) in [7, 11) is 3.79. The molecule has 0 saturated carbocycles. The number of hydrogen-bond acceptors (Lipinski definition) is 5. The largest absolute Gasteiger partial charge is 0.376 e. The van der Waals surface area contributed by atoms with E-state index >= 15 is 0 Å². The SMILES string of the molecule is CN(C)c1ccc(NC(=O)Cn2cnc(N)n2)cc1Cl. The zero-order valence-corrected chi connectivity index (χ0v) is 11.9. The molecule has 2 rings (SSSR count). The molecule has 8 heteroatoms. The van der Waals surface area contributed by atoms with Crippen molar-refractivity contribution in [2.45, 2.75) is 6.54 Å². The van der Waals surface area contributed by atoms with E-state index in [9.17, 15) is 4.79 Å². The van der Waals surface area contributed by atoms with Crippen LogP contribution in [0.3, 0.4) is 0 Å². The second kappa shape index (κ2) is 5.79. The molecule has 1 heterocycles. The normalized spacial score (nSPS) is 10.3. The highest BCUT2D eigenvalue weighted by molar-refractivity contribution is 6.33. The van der Waals surface area contributed by atoms with Gasteiger partial charge < -0.3 is 16.0 Å². The molecule has 0 saturated heterocycles. The predicted molar refractivity (Wildman–Crippen MR) is 78.8 cm³/mol. The number of nitrogens with two attached hydrogens (primary N) is 1. The monoisotopic (exact) mass is 294 g/mol. The molecule has 0 aliphatic rings. The number of amides is 1. The molecule has 2 aromatic rings. The Hall–Kier alpha value is -2.28. The van der Waals surface area contributed by atoms with Crippen molar-refractivity contribution >= 4 is 34.8 Å². The minimum atomic E-state index is -0.233. The van der Waals surface area contributed by atoms with Gasteiger partial charge in [0.1, 0.15) is 12.9 Å². The van der Waals surface area contributed by atoms with Crippen LogP contribution in [0.5, 0.6) is 0 Å². The molecule has 0 aliphatic carbocycles. The fraction of sp³-hybridized carbons (Fsp3) is 0.250. The van der Waals surface area contributed by atoms with Crippen molar-refractivity contribution in [1.29, 1.82) is 0 Å². The fourth-order valence-electron chi connectivity index (χ4n) is 1.68. The molecular formula is C12H15ClN6O. The molecule has 0 aliphatic heterocycles. The summed E-state index contributed by atoms with van der Waals surface area (Å²) in [6.07, 6.45) is 1.40. The molecule has 0 unspecified atom stereocenters. The van der Waals surface area contributed by atoms with Gasteiger partial charge in [0.2, 0.25) is 11.9 Å². The van der Waals surface area contributed by atoms with Crippen LogP contribution < -0.4 is 16.0 Å². The minimum Gasteiger partial charge on any atom is -0.376 e. The van der Waals surface area contributed by atoms with Crippen LogP contribution >= 0.6 is 11.6 Å². The Labute approximate surface area is 121 Å². The van der Waals surface area contributed by atoms with Crippen LogP contribution in [-0.2, 0) is 11.3 Å². The standard InChI is InChI=1S/C12H15ClN6O/c1-18(2)10-4-3-8(5-9(10)13)16-11(20)6-19-7-15-12(14)17-19/h3-5,7H,6H2,1-2H3,(H2,14,17)(H,16,20). The average molecular weight is 295 g/mol. The number of nitrogen functional groups attached to an aromatic ring is 1. The number of benzene rings is 1. The topological polar surface area (TPSA) is 89.1 Å². The number of nitrogens with one attached hydrogen (secondary N) is 1. The van der Waals surface area contributed by atoms with E-state index in [1.807, 2.05) is 25.1 Å². The van der Waals surface area contributed by atoms with Gasteiger partial charge in [0.25, 0.3) is 0 Å². The molecular weight excluding hydrogens is 280 g/mol. The van der Waals surface area contributed by atoms with Gasteiger partial charge in [-0.15, -0.1) is 5.10 Å². The number of anilines is 3. The van der Waals surface area contributed by atoms with Gasteiger partial charge in [0.15, 0.2) is 0 Å². The van der Waals surface area contributed by atoms with Crippen LogP contribution in [0.25, 0.3) is 0 Å². The first-order valence-electron chi connectivity index (χ1n) is 5.87. The van der Waals surface area contributed by atoms with Crippen molar-refractivity contribution in [3.63, 3.8) is 0 Å². The third-order valence-corrected chi connectivity index (χ3v) is 2.88. The van der Waals surface area contributed by atoms with Crippen molar-refractivity contribution < 1.29 is 4.79 Å². The molecule has 1 aromatic heterocycles. The Kier molecular flexibility index (Phi) is 4.09. The second-order valence-corrected chi connectivity index (χ2v) is 4.82. The van der Waals surface area contributed by atoms with Gasteiger partial charge in [-0.05, 0) is 18.2 Å². The van der Waals surface area contributed by atoms with Gasteiger partial charge in [0.05, 0.1) is 10.7 Å². The van der Waals surface area contributed by atoms with Gasteiger partial charge in [0, 0.05) is 19.8 Å².